The Hall–Kier alpha value is -7.27. The number of nitrogens with zero attached hydrogens (tertiary/aromatic N) is 3. The zero-order chi connectivity index (χ0) is 37.5. The van der Waals surface area contributed by atoms with Crippen LogP contribution in [0.25, 0.3) is 109 Å². The smallest absolute Gasteiger partial charge is 0.138 e. The molecule has 0 aliphatic rings. The summed E-state index contributed by atoms with van der Waals surface area (Å²) in [5.74, 6) is 0.894. The van der Waals surface area contributed by atoms with Gasteiger partial charge in [-0.05, 0) is 76.9 Å². The summed E-state index contributed by atoms with van der Waals surface area (Å²) in [7, 11) is 0. The predicted molar refractivity (Wildman–Crippen MR) is 242 cm³/mol. The maximum Gasteiger partial charge on any atom is 0.138 e. The van der Waals surface area contributed by atoms with Crippen LogP contribution in [-0.2, 0) is 0 Å². The fraction of sp³-hybridized carbons (Fsp3) is 0. The minimum Gasteiger partial charge on any atom is -0.309 e. The number of thiophene rings is 1. The summed E-state index contributed by atoms with van der Waals surface area (Å²) in [6.07, 6.45) is 0. The summed E-state index contributed by atoms with van der Waals surface area (Å²) in [5, 5.41) is 7.40. The third-order valence-corrected chi connectivity index (χ3v) is 12.7. The first-order chi connectivity index (χ1) is 28.3. The van der Waals surface area contributed by atoms with Crippen LogP contribution in [0.1, 0.15) is 0 Å². The maximum absolute atomic E-state index is 5.62. The van der Waals surface area contributed by atoms with Gasteiger partial charge in [0.15, 0.2) is 0 Å². The molecule has 0 radical (unpaired) electrons. The summed E-state index contributed by atoms with van der Waals surface area (Å²) in [5.41, 5.74) is 12.6. The monoisotopic (exact) mass is 743 g/mol. The van der Waals surface area contributed by atoms with E-state index in [1.807, 2.05) is 11.3 Å². The molecule has 4 heterocycles. The first kappa shape index (κ1) is 32.0. The number of aromatic nitrogens is 3. The molecule has 0 saturated carbocycles. The summed E-state index contributed by atoms with van der Waals surface area (Å²) in [4.78, 5) is 5.62. The van der Waals surface area contributed by atoms with Crippen molar-refractivity contribution in [3.05, 3.63) is 200 Å². The van der Waals surface area contributed by atoms with Crippen molar-refractivity contribution in [2.75, 3.05) is 0 Å². The van der Waals surface area contributed by atoms with Gasteiger partial charge in [-0.25, -0.2) is 4.98 Å². The van der Waals surface area contributed by atoms with Crippen LogP contribution in [0.5, 0.6) is 0 Å². The largest absolute Gasteiger partial charge is 0.309 e. The van der Waals surface area contributed by atoms with Gasteiger partial charge in [0, 0.05) is 53.0 Å². The Morgan fingerprint density at radius 3 is 1.61 bits per heavy atom. The molecule has 12 rings (SSSR count). The van der Waals surface area contributed by atoms with E-state index in [0.29, 0.717) is 0 Å². The van der Waals surface area contributed by atoms with Gasteiger partial charge in [0.05, 0.1) is 27.8 Å². The molecule has 4 aromatic heterocycles. The van der Waals surface area contributed by atoms with Crippen molar-refractivity contribution in [2.45, 2.75) is 0 Å². The second-order valence-corrected chi connectivity index (χ2v) is 15.8. The van der Waals surface area contributed by atoms with Crippen molar-refractivity contribution >= 4 is 75.1 Å². The van der Waals surface area contributed by atoms with Crippen LogP contribution in [0.15, 0.2) is 200 Å². The fourth-order valence-corrected chi connectivity index (χ4v) is 10.1. The molecule has 57 heavy (non-hydrogen) atoms. The average Bonchev–Trinajstić information content (AvgIpc) is 3.93. The quantitative estimate of drug-likeness (QED) is 0.172. The molecule has 0 saturated heterocycles. The van der Waals surface area contributed by atoms with Crippen molar-refractivity contribution in [3.8, 4) is 45.0 Å². The molecule has 3 nitrogen and oxygen atoms in total. The average molecular weight is 744 g/mol. The Morgan fingerprint density at radius 1 is 0.351 bits per heavy atom. The van der Waals surface area contributed by atoms with E-state index in [4.69, 9.17) is 4.98 Å². The number of rotatable bonds is 5. The van der Waals surface area contributed by atoms with Gasteiger partial charge in [0.25, 0.3) is 0 Å². The molecule has 0 bridgehead atoms. The van der Waals surface area contributed by atoms with Gasteiger partial charge >= 0.3 is 0 Å². The zero-order valence-electron chi connectivity index (χ0n) is 30.8. The lowest BCUT2D eigenvalue weighted by atomic mass is 9.99. The standard InChI is InChI=1S/C53H33N3S/c1-3-14-34(15-4-1)35-26-28-36(29-27-35)37-30-46(43-22-13-21-42-41-20-9-12-25-51(41)57-53(42)43)54-52(31-37)56-48-24-11-8-19-40(48)45-32-49-44(33-50(45)56)39-18-7-10-23-47(39)55(49)38-16-5-2-6-17-38/h1-33H. The molecule has 0 aliphatic carbocycles. The number of benzene rings is 8. The molecular formula is C53H33N3S. The summed E-state index contributed by atoms with van der Waals surface area (Å²) in [6, 6.07) is 72.5. The SMILES string of the molecule is c1ccc(-c2ccc(-c3cc(-c4cccc5c4sc4ccccc45)nc(-n4c5ccccc5c5cc6c(cc54)c4ccccc4n6-c4ccccc4)c3)cc2)cc1. The van der Waals surface area contributed by atoms with E-state index in [1.54, 1.807) is 0 Å². The molecular weight excluding hydrogens is 711 g/mol. The molecule has 0 fully saturated rings. The van der Waals surface area contributed by atoms with E-state index >= 15 is 0 Å². The molecule has 0 amide bonds. The lowest BCUT2D eigenvalue weighted by Crippen LogP contribution is -2.00. The minimum atomic E-state index is 0.894. The Bertz CT molecular complexity index is 3500. The Kier molecular flexibility index (Phi) is 7.10. The molecule has 4 heteroatoms. The number of para-hydroxylation sites is 3. The van der Waals surface area contributed by atoms with Gasteiger partial charge in [-0.2, -0.15) is 0 Å². The van der Waals surface area contributed by atoms with Gasteiger partial charge < -0.3 is 4.57 Å². The second kappa shape index (κ2) is 12.6. The van der Waals surface area contributed by atoms with Crippen LogP contribution >= 0.6 is 11.3 Å². The van der Waals surface area contributed by atoms with Crippen molar-refractivity contribution in [2.24, 2.45) is 0 Å². The van der Waals surface area contributed by atoms with E-state index in [1.165, 1.54) is 63.9 Å². The Morgan fingerprint density at radius 2 is 0.895 bits per heavy atom. The predicted octanol–water partition coefficient (Wildman–Crippen LogP) is 14.6. The molecule has 0 unspecified atom stereocenters. The molecule has 0 aliphatic heterocycles. The summed E-state index contributed by atoms with van der Waals surface area (Å²) >= 11 is 1.85. The van der Waals surface area contributed by atoms with Gasteiger partial charge in [0.1, 0.15) is 5.82 Å². The molecule has 0 N–H and O–H groups in total. The molecule has 0 spiro atoms. The van der Waals surface area contributed by atoms with Crippen LogP contribution in [0.3, 0.4) is 0 Å². The number of hydrogen-bond donors (Lipinski definition) is 0. The molecule has 266 valence electrons. The molecule has 0 atom stereocenters. The highest BCUT2D eigenvalue weighted by Crippen LogP contribution is 2.43. The van der Waals surface area contributed by atoms with Crippen LogP contribution in [0, 0.1) is 0 Å². The molecule has 8 aromatic carbocycles. The van der Waals surface area contributed by atoms with E-state index in [9.17, 15) is 0 Å². The van der Waals surface area contributed by atoms with Crippen LogP contribution in [0.4, 0.5) is 0 Å². The normalized spacial score (nSPS) is 11.9. The first-order valence-electron chi connectivity index (χ1n) is 19.4. The van der Waals surface area contributed by atoms with E-state index in [-0.39, 0.29) is 0 Å². The zero-order valence-corrected chi connectivity index (χ0v) is 31.6. The number of fused-ring (bicyclic) bond motifs is 9. The minimum absolute atomic E-state index is 0.894. The highest BCUT2D eigenvalue weighted by molar-refractivity contribution is 7.26. The van der Waals surface area contributed by atoms with Gasteiger partial charge in [-0.15, -0.1) is 11.3 Å². The van der Waals surface area contributed by atoms with E-state index in [2.05, 4.69) is 209 Å². The fourth-order valence-electron chi connectivity index (χ4n) is 8.90. The summed E-state index contributed by atoms with van der Waals surface area (Å²) < 4.78 is 7.33. The van der Waals surface area contributed by atoms with Crippen molar-refractivity contribution < 1.29 is 0 Å². The number of pyridine rings is 1. The number of hydrogen-bond acceptors (Lipinski definition) is 2. The lowest BCUT2D eigenvalue weighted by molar-refractivity contribution is 1.09. The maximum atomic E-state index is 5.62. The third kappa shape index (κ3) is 5.01. The molecule has 12 aromatic rings. The third-order valence-electron chi connectivity index (χ3n) is 11.5. The van der Waals surface area contributed by atoms with Crippen molar-refractivity contribution in [1.82, 2.24) is 14.1 Å². The second-order valence-electron chi connectivity index (χ2n) is 14.8. The highest BCUT2D eigenvalue weighted by Gasteiger charge is 2.21. The lowest BCUT2D eigenvalue weighted by Gasteiger charge is -2.14. The van der Waals surface area contributed by atoms with Crippen molar-refractivity contribution in [1.29, 1.82) is 0 Å². The van der Waals surface area contributed by atoms with Crippen LogP contribution in [-0.4, -0.2) is 14.1 Å². The van der Waals surface area contributed by atoms with Gasteiger partial charge in [-0.3, -0.25) is 4.57 Å². The summed E-state index contributed by atoms with van der Waals surface area (Å²) in [6.45, 7) is 0. The first-order valence-corrected chi connectivity index (χ1v) is 20.2. The van der Waals surface area contributed by atoms with Crippen molar-refractivity contribution in [3.63, 3.8) is 0 Å². The Labute approximate surface area is 333 Å². The Balaban J connectivity index is 1.15. The van der Waals surface area contributed by atoms with Crippen LogP contribution in [0.2, 0.25) is 0 Å². The highest BCUT2D eigenvalue weighted by atomic mass is 32.1. The van der Waals surface area contributed by atoms with Crippen LogP contribution < -0.4 is 0 Å². The topological polar surface area (TPSA) is 22.8 Å². The van der Waals surface area contributed by atoms with Gasteiger partial charge in [-0.1, -0.05) is 146 Å². The van der Waals surface area contributed by atoms with Gasteiger partial charge in [0.2, 0.25) is 0 Å². The van der Waals surface area contributed by atoms with E-state index in [0.717, 1.165) is 44.9 Å². The van der Waals surface area contributed by atoms with E-state index < -0.39 is 0 Å².